The second-order valence-electron chi connectivity index (χ2n) is 6.49. The van der Waals surface area contributed by atoms with Gasteiger partial charge in [-0.15, -0.1) is 0 Å². The molecule has 3 N–H and O–H groups in total. The number of rotatable bonds is 5. The summed E-state index contributed by atoms with van der Waals surface area (Å²) in [6.45, 7) is 3.98. The fraction of sp³-hybridized carbons (Fsp3) is 0.190. The maximum absolute atomic E-state index is 12.0. The smallest absolute Gasteiger partial charge is 0.336 e. The number of thiocarbonyl (C=S) groups is 1. The second-order valence-corrected chi connectivity index (χ2v) is 6.90. The van der Waals surface area contributed by atoms with Crippen molar-refractivity contribution in [3.63, 3.8) is 0 Å². The molecule has 3 rings (SSSR count). The summed E-state index contributed by atoms with van der Waals surface area (Å²) in [5.74, 6) is 0.152. The van der Waals surface area contributed by atoms with Crippen LogP contribution < -0.4 is 26.5 Å². The molecule has 7 nitrogen and oxygen atoms in total. The molecule has 0 unspecified atom stereocenters. The molecule has 0 aliphatic rings. The van der Waals surface area contributed by atoms with Crippen molar-refractivity contribution in [1.82, 2.24) is 16.2 Å². The van der Waals surface area contributed by atoms with E-state index in [2.05, 4.69) is 16.2 Å². The lowest BCUT2D eigenvalue weighted by molar-refractivity contribution is -0.123. The minimum Gasteiger partial charge on any atom is -0.483 e. The van der Waals surface area contributed by atoms with Crippen LogP contribution in [0.4, 0.5) is 0 Å². The summed E-state index contributed by atoms with van der Waals surface area (Å²) < 4.78 is 10.8. The lowest BCUT2D eigenvalue weighted by Gasteiger charge is -2.13. The first-order chi connectivity index (χ1) is 13.9. The predicted octanol–water partition coefficient (Wildman–Crippen LogP) is 2.48. The van der Waals surface area contributed by atoms with E-state index in [4.69, 9.17) is 21.4 Å². The molecular formula is C21H21N3O4S. The Morgan fingerprint density at radius 3 is 2.59 bits per heavy atom. The van der Waals surface area contributed by atoms with Gasteiger partial charge in [0, 0.05) is 18.0 Å². The van der Waals surface area contributed by atoms with Crippen LogP contribution in [0.3, 0.4) is 0 Å². The van der Waals surface area contributed by atoms with Crippen LogP contribution in [0.5, 0.6) is 5.75 Å². The summed E-state index contributed by atoms with van der Waals surface area (Å²) in [7, 11) is 0. The number of ether oxygens (including phenoxy) is 1. The standard InChI is InChI=1S/C21H21N3O4S/c1-13-9-20(26)28-18-8-14(2)17(10-16(13)18)27-12-19(25)23-24-21(29)22-11-15-6-4-3-5-7-15/h3-10H,11-12H2,1-2H3,(H,23,25)(H2,22,24,29). The summed E-state index contributed by atoms with van der Waals surface area (Å²) in [5.41, 5.74) is 7.83. The number of benzene rings is 2. The van der Waals surface area contributed by atoms with Gasteiger partial charge in [-0.05, 0) is 54.9 Å². The highest BCUT2D eigenvalue weighted by atomic mass is 32.1. The van der Waals surface area contributed by atoms with E-state index >= 15 is 0 Å². The van der Waals surface area contributed by atoms with Crippen molar-refractivity contribution in [2.24, 2.45) is 0 Å². The predicted molar refractivity (Wildman–Crippen MR) is 115 cm³/mol. The molecule has 0 atom stereocenters. The molecule has 0 aliphatic carbocycles. The van der Waals surface area contributed by atoms with E-state index in [1.807, 2.05) is 44.2 Å². The second kappa shape index (κ2) is 9.20. The van der Waals surface area contributed by atoms with Crippen molar-refractivity contribution in [1.29, 1.82) is 0 Å². The normalized spacial score (nSPS) is 10.4. The number of fused-ring (bicyclic) bond motifs is 1. The topological polar surface area (TPSA) is 92.6 Å². The number of hydrogen-bond donors (Lipinski definition) is 3. The van der Waals surface area contributed by atoms with E-state index in [0.717, 1.165) is 22.1 Å². The molecule has 0 saturated heterocycles. The summed E-state index contributed by atoms with van der Waals surface area (Å²) >= 11 is 5.13. The monoisotopic (exact) mass is 411 g/mol. The van der Waals surface area contributed by atoms with Crippen LogP contribution in [-0.4, -0.2) is 17.6 Å². The van der Waals surface area contributed by atoms with Crippen LogP contribution >= 0.6 is 12.2 Å². The summed E-state index contributed by atoms with van der Waals surface area (Å²) in [4.78, 5) is 23.5. The Labute approximate surface area is 173 Å². The minimum atomic E-state index is -0.398. The Morgan fingerprint density at radius 2 is 1.83 bits per heavy atom. The van der Waals surface area contributed by atoms with Crippen molar-refractivity contribution >= 4 is 34.2 Å². The van der Waals surface area contributed by atoms with Crippen molar-refractivity contribution in [2.45, 2.75) is 20.4 Å². The van der Waals surface area contributed by atoms with E-state index in [1.165, 1.54) is 6.07 Å². The lowest BCUT2D eigenvalue weighted by Crippen LogP contribution is -2.48. The van der Waals surface area contributed by atoms with Crippen molar-refractivity contribution in [3.05, 3.63) is 75.6 Å². The Kier molecular flexibility index (Phi) is 6.46. The van der Waals surface area contributed by atoms with Gasteiger partial charge in [0.05, 0.1) is 0 Å². The largest absolute Gasteiger partial charge is 0.483 e. The molecule has 1 aromatic heterocycles. The molecular weight excluding hydrogens is 390 g/mol. The average molecular weight is 411 g/mol. The molecule has 1 heterocycles. The van der Waals surface area contributed by atoms with Crippen molar-refractivity contribution in [2.75, 3.05) is 6.61 Å². The van der Waals surface area contributed by atoms with Crippen LogP contribution in [0.1, 0.15) is 16.7 Å². The third kappa shape index (κ3) is 5.55. The van der Waals surface area contributed by atoms with Gasteiger partial charge in [0.15, 0.2) is 11.7 Å². The highest BCUT2D eigenvalue weighted by molar-refractivity contribution is 7.80. The number of carbonyl (C=O) groups excluding carboxylic acids is 1. The summed E-state index contributed by atoms with van der Waals surface area (Å²) in [5, 5.41) is 4.06. The van der Waals surface area contributed by atoms with E-state index in [0.29, 0.717) is 23.0 Å². The van der Waals surface area contributed by atoms with Gasteiger partial charge < -0.3 is 14.5 Å². The van der Waals surface area contributed by atoms with Crippen LogP contribution in [0.25, 0.3) is 11.0 Å². The molecule has 8 heteroatoms. The van der Waals surface area contributed by atoms with Crippen molar-refractivity contribution in [3.8, 4) is 5.75 Å². The fourth-order valence-electron chi connectivity index (χ4n) is 2.73. The third-order valence-corrected chi connectivity index (χ3v) is 4.46. The third-order valence-electron chi connectivity index (χ3n) is 4.22. The molecule has 29 heavy (non-hydrogen) atoms. The average Bonchev–Trinajstić information content (AvgIpc) is 2.70. The Morgan fingerprint density at radius 1 is 1.07 bits per heavy atom. The number of carbonyl (C=O) groups is 1. The SMILES string of the molecule is Cc1cc2oc(=O)cc(C)c2cc1OCC(=O)NNC(=S)NCc1ccccc1. The molecule has 3 aromatic rings. The molecule has 0 fully saturated rings. The molecule has 150 valence electrons. The molecule has 1 amide bonds. The molecule has 2 aromatic carbocycles. The summed E-state index contributed by atoms with van der Waals surface area (Å²) in [6.07, 6.45) is 0. The molecule has 0 bridgehead atoms. The zero-order valence-electron chi connectivity index (χ0n) is 16.1. The van der Waals surface area contributed by atoms with Gasteiger partial charge in [-0.3, -0.25) is 15.6 Å². The molecule has 0 aliphatic heterocycles. The maximum atomic E-state index is 12.0. The van der Waals surface area contributed by atoms with Gasteiger partial charge in [-0.1, -0.05) is 30.3 Å². The van der Waals surface area contributed by atoms with Crippen LogP contribution in [0, 0.1) is 13.8 Å². The van der Waals surface area contributed by atoms with E-state index in [-0.39, 0.29) is 12.5 Å². The number of hydrazine groups is 1. The Bertz CT molecular complexity index is 1100. The van der Waals surface area contributed by atoms with Crippen LogP contribution in [-0.2, 0) is 11.3 Å². The lowest BCUT2D eigenvalue weighted by atomic mass is 10.1. The molecule has 0 spiro atoms. The van der Waals surface area contributed by atoms with Gasteiger partial charge in [-0.2, -0.15) is 0 Å². The van der Waals surface area contributed by atoms with Gasteiger partial charge in [0.25, 0.3) is 5.91 Å². The highest BCUT2D eigenvalue weighted by Crippen LogP contribution is 2.26. The number of aryl methyl sites for hydroxylation is 2. The fourth-order valence-corrected chi connectivity index (χ4v) is 2.85. The summed E-state index contributed by atoms with van der Waals surface area (Å²) in [6, 6.07) is 14.7. The minimum absolute atomic E-state index is 0.198. The van der Waals surface area contributed by atoms with E-state index < -0.39 is 5.63 Å². The van der Waals surface area contributed by atoms with Gasteiger partial charge in [0.1, 0.15) is 11.3 Å². The molecule has 0 radical (unpaired) electrons. The Hall–Kier alpha value is -3.39. The highest BCUT2D eigenvalue weighted by Gasteiger charge is 2.10. The van der Waals surface area contributed by atoms with Gasteiger partial charge >= 0.3 is 5.63 Å². The zero-order valence-corrected chi connectivity index (χ0v) is 16.9. The number of amides is 1. The maximum Gasteiger partial charge on any atom is 0.336 e. The van der Waals surface area contributed by atoms with E-state index in [1.54, 1.807) is 12.1 Å². The number of nitrogens with one attached hydrogen (secondary N) is 3. The van der Waals surface area contributed by atoms with E-state index in [9.17, 15) is 9.59 Å². The van der Waals surface area contributed by atoms with Crippen LogP contribution in [0.15, 0.2) is 57.7 Å². The first-order valence-corrected chi connectivity index (χ1v) is 9.38. The van der Waals surface area contributed by atoms with Crippen LogP contribution in [0.2, 0.25) is 0 Å². The van der Waals surface area contributed by atoms with Gasteiger partial charge in [0.2, 0.25) is 0 Å². The molecule has 0 saturated carbocycles. The first-order valence-electron chi connectivity index (χ1n) is 8.97. The number of hydrogen-bond acceptors (Lipinski definition) is 5. The zero-order chi connectivity index (χ0) is 20.8. The van der Waals surface area contributed by atoms with Gasteiger partial charge in [-0.25, -0.2) is 4.79 Å². The first kappa shape index (κ1) is 20.3. The quantitative estimate of drug-likeness (QED) is 0.337. The van der Waals surface area contributed by atoms with Crippen molar-refractivity contribution < 1.29 is 13.9 Å². The Balaban J connectivity index is 1.50.